The average molecular weight is 265 g/mol. The number of barbiturate groups is 1. The van der Waals surface area contributed by atoms with Crippen LogP contribution < -0.4 is 0 Å². The van der Waals surface area contributed by atoms with Gasteiger partial charge in [0, 0.05) is 21.1 Å². The Morgan fingerprint density at radius 3 is 2.05 bits per heavy atom. The molecule has 0 aromatic carbocycles. The van der Waals surface area contributed by atoms with Gasteiger partial charge in [0.15, 0.2) is 5.88 Å². The number of hydrogen-bond acceptors (Lipinski definition) is 5. The van der Waals surface area contributed by atoms with Crippen LogP contribution in [0.5, 0.6) is 0 Å². The number of likely N-dealkylation sites (N-methyl/N-ethyl adjacent to an activating group) is 3. The number of nitrogens with zero attached hydrogens (tertiary/aromatic N) is 3. The van der Waals surface area contributed by atoms with Crippen LogP contribution in [0.3, 0.4) is 0 Å². The summed E-state index contributed by atoms with van der Waals surface area (Å²) in [5.74, 6) is -0.619. The number of carbonyl (C=O) groups excluding carboxylic acids is 3. The monoisotopic (exact) mass is 265 g/mol. The summed E-state index contributed by atoms with van der Waals surface area (Å²) in [6.07, 6.45) is 2.96. The van der Waals surface area contributed by atoms with Crippen LogP contribution in [0.4, 0.5) is 4.79 Å². The molecule has 0 aromatic heterocycles. The minimum atomic E-state index is -0.631. The molecule has 2 aliphatic rings. The summed E-state index contributed by atoms with van der Waals surface area (Å²) >= 11 is 0. The first kappa shape index (κ1) is 13.1. The fourth-order valence-corrected chi connectivity index (χ4v) is 1.83. The molecule has 2 aliphatic heterocycles. The number of amides is 4. The van der Waals surface area contributed by atoms with Crippen molar-refractivity contribution in [2.24, 2.45) is 0 Å². The van der Waals surface area contributed by atoms with Crippen LogP contribution in [0.15, 0.2) is 23.6 Å². The first-order chi connectivity index (χ1) is 8.93. The lowest BCUT2D eigenvalue weighted by Crippen LogP contribution is -2.53. The van der Waals surface area contributed by atoms with Gasteiger partial charge in [0.25, 0.3) is 11.8 Å². The van der Waals surface area contributed by atoms with Crippen molar-refractivity contribution in [1.82, 2.24) is 14.7 Å². The normalized spacial score (nSPS) is 22.5. The third-order valence-corrected chi connectivity index (χ3v) is 3.09. The van der Waals surface area contributed by atoms with Gasteiger partial charge in [-0.05, 0) is 12.2 Å². The van der Waals surface area contributed by atoms with Crippen molar-refractivity contribution < 1.29 is 19.1 Å². The van der Waals surface area contributed by atoms with Gasteiger partial charge in [-0.1, -0.05) is 0 Å². The van der Waals surface area contributed by atoms with Gasteiger partial charge >= 0.3 is 6.03 Å². The van der Waals surface area contributed by atoms with Crippen LogP contribution in [0.25, 0.3) is 0 Å². The standard InChI is InChI=1S/C12H15N3O4/c1-13-6-7-19-9(13)5-4-8-10(16)14(2)12(18)15(3)11(8)17/h4-5H,6-7H2,1-3H3. The lowest BCUT2D eigenvalue weighted by molar-refractivity contribution is -0.134. The Morgan fingerprint density at radius 1 is 1.00 bits per heavy atom. The van der Waals surface area contributed by atoms with Gasteiger partial charge in [0.2, 0.25) is 0 Å². The summed E-state index contributed by atoms with van der Waals surface area (Å²) in [7, 11) is 4.53. The van der Waals surface area contributed by atoms with Gasteiger partial charge in [-0.2, -0.15) is 0 Å². The van der Waals surface area contributed by atoms with Crippen molar-refractivity contribution >= 4 is 17.8 Å². The van der Waals surface area contributed by atoms with Crippen LogP contribution in [-0.2, 0) is 14.3 Å². The maximum absolute atomic E-state index is 11.9. The van der Waals surface area contributed by atoms with Crippen LogP contribution in [0.1, 0.15) is 0 Å². The first-order valence-electron chi connectivity index (χ1n) is 5.79. The second kappa shape index (κ2) is 4.75. The number of rotatable bonds is 1. The Labute approximate surface area is 110 Å². The Kier molecular flexibility index (Phi) is 3.28. The molecule has 0 aromatic rings. The van der Waals surface area contributed by atoms with Gasteiger partial charge in [0.05, 0.1) is 6.54 Å². The number of carbonyl (C=O) groups is 3. The van der Waals surface area contributed by atoms with Gasteiger partial charge in [-0.25, -0.2) is 4.79 Å². The molecule has 4 amide bonds. The zero-order valence-electron chi connectivity index (χ0n) is 11.0. The lowest BCUT2D eigenvalue weighted by Gasteiger charge is -2.28. The van der Waals surface area contributed by atoms with E-state index in [4.69, 9.17) is 4.74 Å². The van der Waals surface area contributed by atoms with E-state index in [0.29, 0.717) is 12.5 Å². The van der Waals surface area contributed by atoms with E-state index in [9.17, 15) is 14.4 Å². The molecular formula is C12H15N3O4. The summed E-state index contributed by atoms with van der Waals surface area (Å²) in [5.41, 5.74) is -0.0546. The summed E-state index contributed by atoms with van der Waals surface area (Å²) in [5, 5.41) is 0. The number of ether oxygens (including phenoxy) is 1. The van der Waals surface area contributed by atoms with Crippen molar-refractivity contribution in [3.05, 3.63) is 23.6 Å². The second-order valence-electron chi connectivity index (χ2n) is 4.37. The summed E-state index contributed by atoms with van der Waals surface area (Å²) in [4.78, 5) is 39.0. The zero-order chi connectivity index (χ0) is 14.2. The van der Waals surface area contributed by atoms with Crippen LogP contribution in [0, 0.1) is 0 Å². The van der Waals surface area contributed by atoms with Gasteiger partial charge in [-0.3, -0.25) is 19.4 Å². The third kappa shape index (κ3) is 2.18. The van der Waals surface area contributed by atoms with E-state index in [2.05, 4.69) is 0 Å². The number of allylic oxidation sites excluding steroid dienone is 2. The molecule has 19 heavy (non-hydrogen) atoms. The van der Waals surface area contributed by atoms with E-state index in [-0.39, 0.29) is 5.57 Å². The minimum absolute atomic E-state index is 0.0546. The molecule has 2 fully saturated rings. The number of urea groups is 1. The summed E-state index contributed by atoms with van der Waals surface area (Å²) in [6.45, 7) is 1.33. The van der Waals surface area contributed by atoms with Crippen molar-refractivity contribution in [1.29, 1.82) is 0 Å². The highest BCUT2D eigenvalue weighted by molar-refractivity contribution is 6.28. The molecule has 2 saturated heterocycles. The van der Waals surface area contributed by atoms with Crippen LogP contribution in [0.2, 0.25) is 0 Å². The van der Waals surface area contributed by atoms with Crippen molar-refractivity contribution in [3.63, 3.8) is 0 Å². The maximum atomic E-state index is 11.9. The Hall–Kier alpha value is -2.31. The highest BCUT2D eigenvalue weighted by Crippen LogP contribution is 2.16. The average Bonchev–Trinajstić information content (AvgIpc) is 2.80. The van der Waals surface area contributed by atoms with Gasteiger partial charge in [-0.15, -0.1) is 0 Å². The van der Waals surface area contributed by atoms with E-state index >= 15 is 0 Å². The maximum Gasteiger partial charge on any atom is 0.333 e. The van der Waals surface area contributed by atoms with E-state index in [1.807, 2.05) is 11.9 Å². The molecular weight excluding hydrogens is 250 g/mol. The largest absolute Gasteiger partial charge is 0.477 e. The summed E-state index contributed by atoms with van der Waals surface area (Å²) in [6, 6.07) is -0.631. The minimum Gasteiger partial charge on any atom is -0.477 e. The van der Waals surface area contributed by atoms with E-state index in [1.165, 1.54) is 20.2 Å². The van der Waals surface area contributed by atoms with Gasteiger partial charge < -0.3 is 9.64 Å². The predicted octanol–water partition coefficient (Wildman–Crippen LogP) is -0.233. The highest BCUT2D eigenvalue weighted by Gasteiger charge is 2.37. The Balaban J connectivity index is 2.30. The predicted molar refractivity (Wildman–Crippen MR) is 65.7 cm³/mol. The van der Waals surface area contributed by atoms with Gasteiger partial charge in [0.1, 0.15) is 12.2 Å². The number of imide groups is 2. The molecule has 7 nitrogen and oxygen atoms in total. The molecule has 102 valence electrons. The van der Waals surface area contributed by atoms with Crippen molar-refractivity contribution in [2.75, 3.05) is 34.3 Å². The third-order valence-electron chi connectivity index (χ3n) is 3.09. The smallest absolute Gasteiger partial charge is 0.333 e. The molecule has 0 bridgehead atoms. The molecule has 0 aliphatic carbocycles. The van der Waals surface area contributed by atoms with E-state index in [0.717, 1.165) is 16.3 Å². The van der Waals surface area contributed by atoms with E-state index in [1.54, 1.807) is 6.08 Å². The quantitative estimate of drug-likeness (QED) is 0.483. The zero-order valence-corrected chi connectivity index (χ0v) is 11.0. The molecule has 0 radical (unpaired) electrons. The summed E-state index contributed by atoms with van der Waals surface area (Å²) < 4.78 is 5.33. The molecule has 0 spiro atoms. The SMILES string of the molecule is CN1CCOC1=CC=C1C(=O)N(C)C(=O)N(C)C1=O. The molecule has 7 heteroatoms. The molecule has 0 saturated carbocycles. The molecule has 0 N–H and O–H groups in total. The second-order valence-corrected chi connectivity index (χ2v) is 4.37. The van der Waals surface area contributed by atoms with Crippen molar-refractivity contribution in [2.45, 2.75) is 0 Å². The molecule has 2 heterocycles. The molecule has 0 unspecified atom stereocenters. The van der Waals surface area contributed by atoms with Crippen LogP contribution >= 0.6 is 0 Å². The fourth-order valence-electron chi connectivity index (χ4n) is 1.83. The highest BCUT2D eigenvalue weighted by atomic mass is 16.5. The fraction of sp³-hybridized carbons (Fsp3) is 0.417. The lowest BCUT2D eigenvalue weighted by atomic mass is 10.1. The van der Waals surface area contributed by atoms with Crippen molar-refractivity contribution in [3.8, 4) is 0 Å². The van der Waals surface area contributed by atoms with Crippen LogP contribution in [-0.4, -0.2) is 66.8 Å². The number of hydrogen-bond donors (Lipinski definition) is 0. The first-order valence-corrected chi connectivity index (χ1v) is 5.79. The molecule has 2 rings (SSSR count). The Bertz CT molecular complexity index is 483. The topological polar surface area (TPSA) is 70.2 Å². The Morgan fingerprint density at radius 2 is 1.58 bits per heavy atom. The molecule has 0 atom stereocenters. The van der Waals surface area contributed by atoms with E-state index < -0.39 is 17.8 Å².